The Labute approximate surface area is 211 Å². The molecule has 0 bridgehead atoms. The molecule has 0 aromatic carbocycles. The highest BCUT2D eigenvalue weighted by atomic mass is 28.5. The van der Waals surface area contributed by atoms with Crippen LogP contribution >= 0.6 is 0 Å². The average Bonchev–Trinajstić information content (AvgIpc) is 2.37. The van der Waals surface area contributed by atoms with Crippen molar-refractivity contribution in [1.82, 2.24) is 0 Å². The van der Waals surface area contributed by atoms with Gasteiger partial charge in [-0.3, -0.25) is 0 Å². The lowest BCUT2D eigenvalue weighted by Crippen LogP contribution is -2.62. The van der Waals surface area contributed by atoms with Crippen LogP contribution in [0.2, 0.25) is 98.2 Å². The van der Waals surface area contributed by atoms with Gasteiger partial charge in [0, 0.05) is 0 Å². The van der Waals surface area contributed by atoms with Crippen molar-refractivity contribution in [3.05, 3.63) is 0 Å². The molecule has 0 fully saturated rings. The lowest BCUT2D eigenvalue weighted by atomic mass is 11.8. The summed E-state index contributed by atoms with van der Waals surface area (Å²) in [6, 6.07) is 0. The van der Waals surface area contributed by atoms with Gasteiger partial charge in [0.05, 0.1) is 0 Å². The van der Waals surface area contributed by atoms with Gasteiger partial charge in [0.15, 0.2) is 41.6 Å². The van der Waals surface area contributed by atoms with Crippen LogP contribution in [0.25, 0.3) is 0 Å². The van der Waals surface area contributed by atoms with Crippen molar-refractivity contribution in [1.29, 1.82) is 0 Å². The third-order valence-corrected chi connectivity index (χ3v) is 24.0. The van der Waals surface area contributed by atoms with Crippen LogP contribution in [-0.2, 0) is 28.8 Å². The van der Waals surface area contributed by atoms with Gasteiger partial charge < -0.3 is 33.6 Å². The van der Waals surface area contributed by atoms with Crippen LogP contribution in [0.4, 0.5) is 0 Å². The zero-order chi connectivity index (χ0) is 26.4. The molecule has 32 heavy (non-hydrogen) atoms. The van der Waals surface area contributed by atoms with Gasteiger partial charge in [-0.05, 0) is 98.2 Å². The summed E-state index contributed by atoms with van der Waals surface area (Å²) in [5, 5.41) is 0. The fourth-order valence-electron chi connectivity index (χ4n) is 2.19. The van der Waals surface area contributed by atoms with E-state index in [1.54, 1.807) is 0 Å². The Hall–Kier alpha value is 1.63. The van der Waals surface area contributed by atoms with E-state index >= 15 is 0 Å². The molecule has 0 rings (SSSR count). The predicted molar refractivity (Wildman–Crippen MR) is 158 cm³/mol. The second-order valence-electron chi connectivity index (χ2n) is 12.5. The third-order valence-electron chi connectivity index (χ3n) is 2.67. The summed E-state index contributed by atoms with van der Waals surface area (Å²) >= 11 is 0. The molecule has 0 aromatic rings. The monoisotopic (exact) mass is 612 g/mol. The summed E-state index contributed by atoms with van der Waals surface area (Å²) in [7, 11) is -14.1. The van der Waals surface area contributed by atoms with Gasteiger partial charge in [-0.15, -0.1) is 0 Å². The smallest absolute Gasteiger partial charge is 0.404 e. The Bertz CT molecular complexity index is 491. The molecular weight excluding hydrogens is 561 g/mol. The topological polar surface area (TPSA) is 84.8 Å². The summed E-state index contributed by atoms with van der Waals surface area (Å²) in [5.74, 6) is 0. The van der Waals surface area contributed by atoms with E-state index in [2.05, 4.69) is 58.9 Å². The first-order valence-corrected chi connectivity index (χ1v) is 33.0. The zero-order valence-electron chi connectivity index (χ0n) is 23.8. The Kier molecular flexibility index (Phi) is 14.2. The summed E-state index contributed by atoms with van der Waals surface area (Å²) < 4.78 is 40.9. The van der Waals surface area contributed by atoms with Crippen molar-refractivity contribution in [3.8, 4) is 0 Å². The molecule has 196 valence electrons. The first-order chi connectivity index (χ1) is 13.7. The van der Waals surface area contributed by atoms with Gasteiger partial charge in [-0.25, -0.2) is 0 Å². The first-order valence-electron chi connectivity index (χ1n) is 11.0. The van der Waals surface area contributed by atoms with Crippen molar-refractivity contribution in [2.24, 2.45) is 0 Å². The van der Waals surface area contributed by atoms with Gasteiger partial charge in [0.1, 0.15) is 21.0 Å². The molecule has 0 aliphatic carbocycles. The molecule has 8 nitrogen and oxygen atoms in total. The van der Waals surface area contributed by atoms with E-state index in [-0.39, 0.29) is 0 Å². The maximum absolute atomic E-state index is 10.1. The molecule has 0 aliphatic rings. The van der Waals surface area contributed by atoms with Crippen molar-refractivity contribution in [2.45, 2.75) is 98.2 Å². The van der Waals surface area contributed by atoms with E-state index in [9.17, 15) is 4.80 Å². The van der Waals surface area contributed by atoms with E-state index in [1.165, 1.54) is 0 Å². The maximum atomic E-state index is 10.1. The van der Waals surface area contributed by atoms with Gasteiger partial charge in [-0.2, -0.15) is 0 Å². The zero-order valence-corrected chi connectivity index (χ0v) is 34.8. The molecule has 0 aromatic heterocycles. The molecule has 1 N–H and O–H groups in total. The fourth-order valence-corrected chi connectivity index (χ4v) is 25.0. The molecule has 17 heteroatoms. The molecule has 0 amide bonds. The van der Waals surface area contributed by atoms with Crippen molar-refractivity contribution in [3.63, 3.8) is 0 Å². The lowest BCUT2D eigenvalue weighted by Gasteiger charge is -2.40. The van der Waals surface area contributed by atoms with Gasteiger partial charge in [0.25, 0.3) is 0 Å². The highest BCUT2D eigenvalue weighted by Gasteiger charge is 2.52. The minimum Gasteiger partial charge on any atom is -0.404 e. The lowest BCUT2D eigenvalue weighted by molar-refractivity contribution is 0.150. The van der Waals surface area contributed by atoms with E-state index < -0.39 is 59.7 Å². The molecule has 0 atom stereocenters. The third kappa shape index (κ3) is 21.0. The Balaban J connectivity index is 0. The van der Waals surface area contributed by atoms with E-state index in [0.29, 0.717) is 21.0 Å². The quantitative estimate of drug-likeness (QED) is 0.337. The molecule has 0 aliphatic heterocycles. The normalized spacial score (nSPS) is 15.0. The summed E-state index contributed by atoms with van der Waals surface area (Å²) in [5.41, 5.74) is 0. The van der Waals surface area contributed by atoms with E-state index in [1.807, 2.05) is 39.3 Å². The van der Waals surface area contributed by atoms with Crippen LogP contribution < -0.4 is 0 Å². The summed E-state index contributed by atoms with van der Waals surface area (Å²) in [6.07, 6.45) is 0. The van der Waals surface area contributed by atoms with Crippen LogP contribution in [0.5, 0.6) is 0 Å². The van der Waals surface area contributed by atoms with Gasteiger partial charge in [-0.1, -0.05) is 0 Å². The van der Waals surface area contributed by atoms with Crippen LogP contribution in [0.1, 0.15) is 0 Å². The molecular formula is C15H52O8Si9. The SMILES string of the molecule is C[Si](C)(C)O[Si](O)(O[SiH3])O[Si](C)(C)C.C[Si](C)(C)O[Si](O[SiH3])(O[Si](C)(C)C)O[Si](C)(C)C. The van der Waals surface area contributed by atoms with Crippen molar-refractivity contribution >= 4 is 80.7 Å². The average molecular weight is 613 g/mol. The molecule has 0 saturated carbocycles. The van der Waals surface area contributed by atoms with E-state index in [0.717, 1.165) is 0 Å². The first kappa shape index (κ1) is 35.8. The molecule has 0 heterocycles. The number of hydrogen-bond acceptors (Lipinski definition) is 8. The molecule has 0 radical (unpaired) electrons. The summed E-state index contributed by atoms with van der Waals surface area (Å²) in [4.78, 5) is 10.1. The van der Waals surface area contributed by atoms with E-state index in [4.69, 9.17) is 28.8 Å². The largest absolute Gasteiger partial charge is 0.644 e. The van der Waals surface area contributed by atoms with Crippen LogP contribution in [-0.4, -0.2) is 85.5 Å². The highest BCUT2D eigenvalue weighted by molar-refractivity contribution is 6.88. The van der Waals surface area contributed by atoms with Crippen LogP contribution in [0.3, 0.4) is 0 Å². The highest BCUT2D eigenvalue weighted by Crippen LogP contribution is 2.25. The maximum Gasteiger partial charge on any atom is 0.644 e. The van der Waals surface area contributed by atoms with Crippen molar-refractivity contribution < 1.29 is 33.6 Å². The van der Waals surface area contributed by atoms with Crippen LogP contribution in [0, 0.1) is 0 Å². The minimum absolute atomic E-state index is 0.440. The standard InChI is InChI=1S/C9H30O4Si5.C6H22O4Si4/c1-15(2,3)11-18(10-14,12-16(4,5)6)13-17(7,8)9;1-12(2,3)9-14(7,8-11)10-13(4,5)6/h1-9,14H3;7H,1-6,11H3. The van der Waals surface area contributed by atoms with Crippen LogP contribution in [0.15, 0.2) is 0 Å². The molecule has 0 spiro atoms. The molecule has 0 unspecified atom stereocenters. The Morgan fingerprint density at radius 2 is 0.625 bits per heavy atom. The van der Waals surface area contributed by atoms with Crippen molar-refractivity contribution in [2.75, 3.05) is 0 Å². The minimum atomic E-state index is -3.31. The second kappa shape index (κ2) is 12.7. The van der Waals surface area contributed by atoms with Gasteiger partial charge >= 0.3 is 18.1 Å². The summed E-state index contributed by atoms with van der Waals surface area (Å²) in [6.45, 7) is 31.4. The van der Waals surface area contributed by atoms with Gasteiger partial charge in [0.2, 0.25) is 0 Å². The Morgan fingerprint density at radius 3 is 0.750 bits per heavy atom. The number of hydrogen-bond donors (Lipinski definition) is 1. The molecule has 0 saturated heterocycles. The predicted octanol–water partition coefficient (Wildman–Crippen LogP) is 2.69. The number of rotatable bonds is 12. The second-order valence-corrected chi connectivity index (χ2v) is 43.0. The Morgan fingerprint density at radius 1 is 0.406 bits per heavy atom. The fraction of sp³-hybridized carbons (Fsp3) is 1.00.